The molecule has 1 aliphatic carbocycles. The number of imide groups is 1. The molecule has 1 aromatic heterocycles. The van der Waals surface area contributed by atoms with Gasteiger partial charge in [-0.25, -0.2) is 9.59 Å². The number of esters is 1. The van der Waals surface area contributed by atoms with E-state index in [4.69, 9.17) is 9.47 Å². The summed E-state index contributed by atoms with van der Waals surface area (Å²) >= 11 is 1.36. The Balaban J connectivity index is 1.54. The lowest BCUT2D eigenvalue weighted by Gasteiger charge is -2.22. The highest BCUT2D eigenvalue weighted by atomic mass is 32.1. The first-order chi connectivity index (χ1) is 16.7. The van der Waals surface area contributed by atoms with Gasteiger partial charge in [0.05, 0.1) is 19.3 Å². The van der Waals surface area contributed by atoms with Crippen LogP contribution < -0.4 is 15.4 Å². The van der Waals surface area contributed by atoms with Crippen LogP contribution in [-0.2, 0) is 32.7 Å². The van der Waals surface area contributed by atoms with Gasteiger partial charge in [-0.15, -0.1) is 11.3 Å². The average molecular weight is 500 g/mol. The van der Waals surface area contributed by atoms with E-state index in [1.54, 1.807) is 38.1 Å². The molecule has 2 aromatic rings. The number of carbonyl (C=O) groups excluding carboxylic acids is 4. The molecule has 0 spiro atoms. The monoisotopic (exact) mass is 499 g/mol. The molecule has 0 saturated carbocycles. The number of rotatable bonds is 7. The standard InChI is InChI=1S/C25H29N3O6S/c1-5-34-22(30)20-17-10-9-14(2)11-18(17)35-21(20)26-19(29)13-28-23(31)25(3,27-24(28)32)15-7-6-8-16(12-15)33-4/h6-8,12,14H,5,9-11,13H2,1-4H3,(H,26,29)(H,27,32)/t14-,25+/m0/s1. The van der Waals surface area contributed by atoms with Crippen LogP contribution in [0.25, 0.3) is 0 Å². The van der Waals surface area contributed by atoms with E-state index in [0.29, 0.717) is 27.8 Å². The van der Waals surface area contributed by atoms with Crippen LogP contribution in [0.1, 0.15) is 53.6 Å². The Hall–Kier alpha value is -3.40. The molecule has 1 aromatic carbocycles. The minimum atomic E-state index is -1.33. The maximum absolute atomic E-state index is 13.2. The molecular formula is C25H29N3O6S. The topological polar surface area (TPSA) is 114 Å². The maximum atomic E-state index is 13.2. The van der Waals surface area contributed by atoms with E-state index in [2.05, 4.69) is 17.6 Å². The number of anilines is 1. The number of amides is 4. The number of hydrogen-bond acceptors (Lipinski definition) is 7. The fourth-order valence-electron chi connectivity index (χ4n) is 4.54. The second kappa shape index (κ2) is 9.69. The minimum Gasteiger partial charge on any atom is -0.497 e. The zero-order chi connectivity index (χ0) is 25.3. The van der Waals surface area contributed by atoms with Crippen molar-refractivity contribution >= 4 is 40.2 Å². The first kappa shape index (κ1) is 24.7. The van der Waals surface area contributed by atoms with Gasteiger partial charge in [-0.1, -0.05) is 19.1 Å². The van der Waals surface area contributed by atoms with Crippen molar-refractivity contribution in [3.63, 3.8) is 0 Å². The summed E-state index contributed by atoms with van der Waals surface area (Å²) in [6.45, 7) is 5.22. The first-order valence-electron chi connectivity index (χ1n) is 11.6. The number of fused-ring (bicyclic) bond motifs is 1. The summed E-state index contributed by atoms with van der Waals surface area (Å²) in [6.07, 6.45) is 2.52. The summed E-state index contributed by atoms with van der Waals surface area (Å²) in [4.78, 5) is 53.5. The Morgan fingerprint density at radius 2 is 2.09 bits per heavy atom. The number of ether oxygens (including phenoxy) is 2. The van der Waals surface area contributed by atoms with Crippen LogP contribution in [-0.4, -0.2) is 49.0 Å². The first-order valence-corrected chi connectivity index (χ1v) is 12.4. The van der Waals surface area contributed by atoms with Crippen LogP contribution in [0.2, 0.25) is 0 Å². The average Bonchev–Trinajstić information content (AvgIpc) is 3.28. The third kappa shape index (κ3) is 4.62. The van der Waals surface area contributed by atoms with Crippen LogP contribution in [0, 0.1) is 5.92 Å². The minimum absolute atomic E-state index is 0.221. The number of methoxy groups -OCH3 is 1. The summed E-state index contributed by atoms with van der Waals surface area (Å²) < 4.78 is 10.5. The molecule has 1 saturated heterocycles. The molecule has 0 unspecified atom stereocenters. The van der Waals surface area contributed by atoms with E-state index in [9.17, 15) is 19.2 Å². The molecule has 1 aliphatic heterocycles. The van der Waals surface area contributed by atoms with Gasteiger partial charge >= 0.3 is 12.0 Å². The highest BCUT2D eigenvalue weighted by Crippen LogP contribution is 2.40. The van der Waals surface area contributed by atoms with Crippen molar-refractivity contribution in [3.8, 4) is 5.75 Å². The lowest BCUT2D eigenvalue weighted by molar-refractivity contribution is -0.133. The predicted octanol–water partition coefficient (Wildman–Crippen LogP) is 3.46. The molecule has 1 fully saturated rings. The largest absolute Gasteiger partial charge is 0.497 e. The van der Waals surface area contributed by atoms with Crippen molar-refractivity contribution in [2.75, 3.05) is 25.6 Å². The second-order valence-corrected chi connectivity index (χ2v) is 10.1. The number of nitrogens with one attached hydrogen (secondary N) is 2. The number of hydrogen-bond donors (Lipinski definition) is 2. The zero-order valence-electron chi connectivity index (χ0n) is 20.2. The summed E-state index contributed by atoms with van der Waals surface area (Å²) in [5.41, 5.74) is 0.510. The van der Waals surface area contributed by atoms with Gasteiger partial charge in [-0.3, -0.25) is 14.5 Å². The lowest BCUT2D eigenvalue weighted by Crippen LogP contribution is -2.42. The summed E-state index contributed by atoms with van der Waals surface area (Å²) in [6, 6.07) is 6.18. The van der Waals surface area contributed by atoms with E-state index in [0.717, 1.165) is 34.6 Å². The smallest absolute Gasteiger partial charge is 0.341 e. The third-order valence-corrected chi connectivity index (χ3v) is 7.64. The van der Waals surface area contributed by atoms with Crippen LogP contribution in [0.3, 0.4) is 0 Å². The molecule has 4 amide bonds. The molecule has 10 heteroatoms. The molecule has 0 bridgehead atoms. The molecule has 186 valence electrons. The Labute approximate surface area is 207 Å². The van der Waals surface area contributed by atoms with E-state index >= 15 is 0 Å². The van der Waals surface area contributed by atoms with Crippen molar-refractivity contribution in [2.24, 2.45) is 5.92 Å². The van der Waals surface area contributed by atoms with Gasteiger partial charge in [0.15, 0.2) is 0 Å². The quantitative estimate of drug-likeness (QED) is 0.446. The van der Waals surface area contributed by atoms with E-state index in [-0.39, 0.29) is 6.61 Å². The van der Waals surface area contributed by atoms with Crippen LogP contribution in [0.15, 0.2) is 24.3 Å². The summed E-state index contributed by atoms with van der Waals surface area (Å²) in [5, 5.41) is 5.85. The Morgan fingerprint density at radius 3 is 2.80 bits per heavy atom. The molecular weight excluding hydrogens is 470 g/mol. The fraction of sp³-hybridized carbons (Fsp3) is 0.440. The molecule has 9 nitrogen and oxygen atoms in total. The van der Waals surface area contributed by atoms with Crippen LogP contribution in [0.5, 0.6) is 5.75 Å². The number of benzene rings is 1. The zero-order valence-corrected chi connectivity index (χ0v) is 21.0. The predicted molar refractivity (Wildman–Crippen MR) is 131 cm³/mol. The highest BCUT2D eigenvalue weighted by Gasteiger charge is 2.49. The Kier molecular flexibility index (Phi) is 6.84. The second-order valence-electron chi connectivity index (χ2n) is 9.00. The molecule has 4 rings (SSSR count). The summed E-state index contributed by atoms with van der Waals surface area (Å²) in [5.74, 6) is -0.559. The highest BCUT2D eigenvalue weighted by molar-refractivity contribution is 7.17. The van der Waals surface area contributed by atoms with Gasteiger partial charge in [0.25, 0.3) is 5.91 Å². The number of nitrogens with zero attached hydrogens (tertiary/aromatic N) is 1. The van der Waals surface area contributed by atoms with Crippen molar-refractivity contribution in [1.29, 1.82) is 0 Å². The van der Waals surface area contributed by atoms with E-state index in [1.807, 2.05) is 0 Å². The SMILES string of the molecule is CCOC(=O)c1c(NC(=O)CN2C(=O)N[C@](C)(c3cccc(OC)c3)C2=O)sc2c1CC[C@H](C)C2. The van der Waals surface area contributed by atoms with Crippen molar-refractivity contribution in [3.05, 3.63) is 45.8 Å². The number of carbonyl (C=O) groups is 4. The number of thiophene rings is 1. The Morgan fingerprint density at radius 1 is 1.31 bits per heavy atom. The van der Waals surface area contributed by atoms with E-state index < -0.39 is 35.9 Å². The molecule has 2 atom stereocenters. The van der Waals surface area contributed by atoms with Crippen LogP contribution in [0.4, 0.5) is 9.80 Å². The molecule has 2 aliphatic rings. The molecule has 35 heavy (non-hydrogen) atoms. The van der Waals surface area contributed by atoms with Crippen molar-refractivity contribution < 1.29 is 28.7 Å². The van der Waals surface area contributed by atoms with Gasteiger partial charge in [0.1, 0.15) is 22.8 Å². The molecule has 2 heterocycles. The fourth-order valence-corrected chi connectivity index (χ4v) is 5.95. The van der Waals surface area contributed by atoms with Gasteiger partial charge in [0, 0.05) is 4.88 Å². The lowest BCUT2D eigenvalue weighted by atomic mass is 9.88. The van der Waals surface area contributed by atoms with Gasteiger partial charge in [0.2, 0.25) is 5.91 Å². The summed E-state index contributed by atoms with van der Waals surface area (Å²) in [7, 11) is 1.51. The van der Waals surface area contributed by atoms with Gasteiger partial charge < -0.3 is 20.1 Å². The molecule has 2 N–H and O–H groups in total. The van der Waals surface area contributed by atoms with Gasteiger partial charge in [-0.2, -0.15) is 0 Å². The van der Waals surface area contributed by atoms with Crippen molar-refractivity contribution in [2.45, 2.75) is 45.6 Å². The Bertz CT molecular complexity index is 1190. The van der Waals surface area contributed by atoms with Gasteiger partial charge in [-0.05, 0) is 62.3 Å². The van der Waals surface area contributed by atoms with Crippen LogP contribution >= 0.6 is 11.3 Å². The maximum Gasteiger partial charge on any atom is 0.341 e. The normalized spacial score (nSPS) is 21.4. The van der Waals surface area contributed by atoms with Crippen molar-refractivity contribution in [1.82, 2.24) is 10.2 Å². The number of urea groups is 1. The third-order valence-electron chi connectivity index (χ3n) is 6.47. The molecule has 0 radical (unpaired) electrons. The van der Waals surface area contributed by atoms with E-state index in [1.165, 1.54) is 18.4 Å².